The molecule has 0 saturated carbocycles. The van der Waals surface area contributed by atoms with Gasteiger partial charge in [-0.1, -0.05) is 17.7 Å². The lowest BCUT2D eigenvalue weighted by atomic mass is 10.0. The molecule has 1 aliphatic rings. The number of ether oxygens (including phenoxy) is 1. The van der Waals surface area contributed by atoms with Gasteiger partial charge in [-0.2, -0.15) is 0 Å². The number of carbonyl (C=O) groups is 1. The molecule has 1 unspecified atom stereocenters. The second-order valence-corrected chi connectivity index (χ2v) is 6.67. The average Bonchev–Trinajstić information content (AvgIpc) is 3.10. The lowest BCUT2D eigenvalue weighted by Crippen LogP contribution is -2.32. The van der Waals surface area contributed by atoms with Crippen LogP contribution < -0.4 is 10.6 Å². The van der Waals surface area contributed by atoms with Crippen molar-refractivity contribution in [3.8, 4) is 0 Å². The SMILES string of the molecule is Cc1cc(C)c(Nc2ccnc(C(=O)NCC3CCCO3)c2)c(C)c1. The summed E-state index contributed by atoms with van der Waals surface area (Å²) in [5, 5.41) is 6.32. The fourth-order valence-electron chi connectivity index (χ4n) is 3.26. The molecule has 0 spiro atoms. The number of aromatic nitrogens is 1. The van der Waals surface area contributed by atoms with Crippen LogP contribution >= 0.6 is 0 Å². The minimum atomic E-state index is -0.170. The highest BCUT2D eigenvalue weighted by Crippen LogP contribution is 2.26. The van der Waals surface area contributed by atoms with Gasteiger partial charge in [0, 0.05) is 30.7 Å². The highest BCUT2D eigenvalue weighted by Gasteiger charge is 2.17. The molecular formula is C20H25N3O2. The van der Waals surface area contributed by atoms with E-state index in [-0.39, 0.29) is 12.0 Å². The molecule has 25 heavy (non-hydrogen) atoms. The van der Waals surface area contributed by atoms with Crippen LogP contribution in [0, 0.1) is 20.8 Å². The van der Waals surface area contributed by atoms with Gasteiger partial charge in [-0.25, -0.2) is 0 Å². The Labute approximate surface area is 148 Å². The molecule has 0 bridgehead atoms. The summed E-state index contributed by atoms with van der Waals surface area (Å²) in [6.45, 7) is 7.58. The minimum absolute atomic E-state index is 0.128. The number of anilines is 2. The van der Waals surface area contributed by atoms with E-state index in [2.05, 4.69) is 48.5 Å². The lowest BCUT2D eigenvalue weighted by molar-refractivity contribution is 0.0854. The molecule has 0 aliphatic carbocycles. The van der Waals surface area contributed by atoms with Crippen molar-refractivity contribution < 1.29 is 9.53 Å². The number of carbonyl (C=O) groups excluding carboxylic acids is 1. The van der Waals surface area contributed by atoms with E-state index in [1.54, 1.807) is 12.3 Å². The van der Waals surface area contributed by atoms with Gasteiger partial charge < -0.3 is 15.4 Å². The lowest BCUT2D eigenvalue weighted by Gasteiger charge is -2.15. The smallest absolute Gasteiger partial charge is 0.270 e. The predicted octanol–water partition coefficient (Wildman–Crippen LogP) is 3.66. The molecule has 1 amide bonds. The molecule has 3 rings (SSSR count). The zero-order valence-electron chi connectivity index (χ0n) is 15.1. The normalized spacial score (nSPS) is 16.7. The highest BCUT2D eigenvalue weighted by atomic mass is 16.5. The number of rotatable bonds is 5. The van der Waals surface area contributed by atoms with Gasteiger partial charge >= 0.3 is 0 Å². The molecule has 2 heterocycles. The van der Waals surface area contributed by atoms with E-state index in [1.165, 1.54) is 16.7 Å². The number of hydrogen-bond donors (Lipinski definition) is 2. The number of hydrogen-bond acceptors (Lipinski definition) is 4. The molecule has 132 valence electrons. The van der Waals surface area contributed by atoms with Gasteiger partial charge in [0.25, 0.3) is 5.91 Å². The van der Waals surface area contributed by atoms with Crippen LogP contribution in [-0.2, 0) is 4.74 Å². The molecule has 1 atom stereocenters. The second-order valence-electron chi connectivity index (χ2n) is 6.67. The molecule has 5 heteroatoms. The van der Waals surface area contributed by atoms with E-state index >= 15 is 0 Å². The molecular weight excluding hydrogens is 314 g/mol. The Hall–Kier alpha value is -2.40. The van der Waals surface area contributed by atoms with E-state index in [1.807, 2.05) is 6.07 Å². The van der Waals surface area contributed by atoms with E-state index in [0.717, 1.165) is 30.8 Å². The van der Waals surface area contributed by atoms with Gasteiger partial charge in [-0.05, 0) is 56.9 Å². The van der Waals surface area contributed by atoms with E-state index in [9.17, 15) is 4.79 Å². The van der Waals surface area contributed by atoms with Crippen molar-refractivity contribution in [2.45, 2.75) is 39.7 Å². The first kappa shape index (κ1) is 17.4. The van der Waals surface area contributed by atoms with Crippen molar-refractivity contribution in [2.75, 3.05) is 18.5 Å². The third kappa shape index (κ3) is 4.37. The molecule has 1 saturated heterocycles. The van der Waals surface area contributed by atoms with Crippen LogP contribution in [0.15, 0.2) is 30.5 Å². The predicted molar refractivity (Wildman–Crippen MR) is 99.5 cm³/mol. The van der Waals surface area contributed by atoms with Crippen LogP contribution in [0.4, 0.5) is 11.4 Å². The van der Waals surface area contributed by atoms with E-state index < -0.39 is 0 Å². The van der Waals surface area contributed by atoms with Crippen molar-refractivity contribution in [3.63, 3.8) is 0 Å². The van der Waals surface area contributed by atoms with Gasteiger partial charge in [-0.3, -0.25) is 9.78 Å². The zero-order chi connectivity index (χ0) is 17.8. The van der Waals surface area contributed by atoms with E-state index in [4.69, 9.17) is 4.74 Å². The minimum Gasteiger partial charge on any atom is -0.376 e. The van der Waals surface area contributed by atoms with Gasteiger partial charge in [0.1, 0.15) is 5.69 Å². The topological polar surface area (TPSA) is 63.2 Å². The third-order valence-electron chi connectivity index (χ3n) is 4.45. The largest absolute Gasteiger partial charge is 0.376 e. The van der Waals surface area contributed by atoms with Gasteiger partial charge in [-0.15, -0.1) is 0 Å². The molecule has 0 radical (unpaired) electrons. The fraction of sp³-hybridized carbons (Fsp3) is 0.400. The number of benzene rings is 1. The Morgan fingerprint density at radius 2 is 2.00 bits per heavy atom. The van der Waals surface area contributed by atoms with Gasteiger partial charge in [0.2, 0.25) is 0 Å². The van der Waals surface area contributed by atoms with Crippen molar-refractivity contribution in [3.05, 3.63) is 52.8 Å². The second kappa shape index (κ2) is 7.66. The number of nitrogens with one attached hydrogen (secondary N) is 2. The van der Waals surface area contributed by atoms with Crippen LogP contribution in [0.2, 0.25) is 0 Å². The van der Waals surface area contributed by atoms with Crippen LogP contribution in [0.5, 0.6) is 0 Å². The van der Waals surface area contributed by atoms with Crippen LogP contribution in [0.25, 0.3) is 0 Å². The van der Waals surface area contributed by atoms with Crippen molar-refractivity contribution in [1.29, 1.82) is 0 Å². The molecule has 5 nitrogen and oxygen atoms in total. The molecule has 1 aliphatic heterocycles. The van der Waals surface area contributed by atoms with Gasteiger partial charge in [0.05, 0.1) is 6.10 Å². The van der Waals surface area contributed by atoms with Crippen LogP contribution in [0.1, 0.15) is 40.0 Å². The molecule has 1 aromatic heterocycles. The summed E-state index contributed by atoms with van der Waals surface area (Å²) in [6.07, 6.45) is 3.85. The molecule has 1 fully saturated rings. The summed E-state index contributed by atoms with van der Waals surface area (Å²) in [5.74, 6) is -0.170. The van der Waals surface area contributed by atoms with Crippen molar-refractivity contribution >= 4 is 17.3 Å². The summed E-state index contributed by atoms with van der Waals surface area (Å²) in [4.78, 5) is 16.5. The van der Waals surface area contributed by atoms with Crippen molar-refractivity contribution in [1.82, 2.24) is 10.3 Å². The Morgan fingerprint density at radius 1 is 1.24 bits per heavy atom. The molecule has 1 aromatic carbocycles. The fourth-order valence-corrected chi connectivity index (χ4v) is 3.26. The van der Waals surface area contributed by atoms with Crippen LogP contribution in [0.3, 0.4) is 0 Å². The first-order valence-electron chi connectivity index (χ1n) is 8.73. The maximum Gasteiger partial charge on any atom is 0.270 e. The summed E-state index contributed by atoms with van der Waals surface area (Å²) < 4.78 is 5.53. The standard InChI is InChI=1S/C20H25N3O2/c1-13-9-14(2)19(15(3)10-13)23-16-6-7-21-18(11-16)20(24)22-12-17-5-4-8-25-17/h6-7,9-11,17H,4-5,8,12H2,1-3H3,(H,21,23)(H,22,24). The number of amides is 1. The maximum absolute atomic E-state index is 12.3. The first-order chi connectivity index (χ1) is 12.0. The summed E-state index contributed by atoms with van der Waals surface area (Å²) in [7, 11) is 0. The number of aryl methyl sites for hydroxylation is 3. The van der Waals surface area contributed by atoms with Crippen molar-refractivity contribution in [2.24, 2.45) is 0 Å². The Balaban J connectivity index is 1.70. The Morgan fingerprint density at radius 3 is 2.68 bits per heavy atom. The highest BCUT2D eigenvalue weighted by molar-refractivity contribution is 5.93. The zero-order valence-corrected chi connectivity index (χ0v) is 15.1. The number of pyridine rings is 1. The quantitative estimate of drug-likeness (QED) is 0.873. The van der Waals surface area contributed by atoms with E-state index in [0.29, 0.717) is 12.2 Å². The molecule has 2 N–H and O–H groups in total. The summed E-state index contributed by atoms with van der Waals surface area (Å²) >= 11 is 0. The first-order valence-corrected chi connectivity index (χ1v) is 8.73. The van der Waals surface area contributed by atoms with Gasteiger partial charge in [0.15, 0.2) is 0 Å². The third-order valence-corrected chi connectivity index (χ3v) is 4.45. The monoisotopic (exact) mass is 339 g/mol. The summed E-state index contributed by atoms with van der Waals surface area (Å²) in [6, 6.07) is 7.94. The summed E-state index contributed by atoms with van der Waals surface area (Å²) in [5.41, 5.74) is 5.93. The Kier molecular flexibility index (Phi) is 5.34. The van der Waals surface area contributed by atoms with Crippen LogP contribution in [-0.4, -0.2) is 30.1 Å². The number of nitrogens with zero attached hydrogens (tertiary/aromatic N) is 1. The molecule has 2 aromatic rings. The average molecular weight is 339 g/mol. The Bertz CT molecular complexity index is 744. The maximum atomic E-state index is 12.3.